The van der Waals surface area contributed by atoms with Gasteiger partial charge in [-0.05, 0) is 13.3 Å². The molecule has 0 aliphatic carbocycles. The van der Waals surface area contributed by atoms with Gasteiger partial charge < -0.3 is 15.6 Å². The molecule has 1 unspecified atom stereocenters. The van der Waals surface area contributed by atoms with Crippen molar-refractivity contribution in [2.75, 3.05) is 26.8 Å². The molecule has 0 aromatic heterocycles. The summed E-state index contributed by atoms with van der Waals surface area (Å²) in [5.41, 5.74) is 5.22. The van der Waals surface area contributed by atoms with Gasteiger partial charge in [-0.1, -0.05) is 6.92 Å². The lowest BCUT2D eigenvalue weighted by atomic mass is 10.2. The zero-order valence-electron chi connectivity index (χ0n) is 9.77. The molecule has 0 rings (SSSR count). The molecule has 0 radical (unpaired) electrons. The minimum Gasteiger partial charge on any atom is -0.392 e. The molecule has 0 spiro atoms. The first-order valence-corrected chi connectivity index (χ1v) is 5.23. The summed E-state index contributed by atoms with van der Waals surface area (Å²) in [5, 5.41) is 9.52. The van der Waals surface area contributed by atoms with Gasteiger partial charge in [-0.25, -0.2) is 0 Å². The first-order valence-electron chi connectivity index (χ1n) is 5.23. The Labute approximate surface area is 91.2 Å². The van der Waals surface area contributed by atoms with Crippen LogP contribution in [0.1, 0.15) is 20.3 Å². The molecular weight excluding hydrogens is 196 g/mol. The van der Waals surface area contributed by atoms with Crippen molar-refractivity contribution in [2.45, 2.75) is 32.4 Å². The van der Waals surface area contributed by atoms with E-state index in [9.17, 15) is 9.90 Å². The van der Waals surface area contributed by atoms with E-state index in [0.29, 0.717) is 26.1 Å². The van der Waals surface area contributed by atoms with Crippen molar-refractivity contribution in [3.05, 3.63) is 0 Å². The van der Waals surface area contributed by atoms with E-state index in [2.05, 4.69) is 0 Å². The number of primary amides is 1. The molecule has 0 aromatic rings. The van der Waals surface area contributed by atoms with Crippen LogP contribution in [0.3, 0.4) is 0 Å². The number of carbonyl (C=O) groups excluding carboxylic acids is 1. The fourth-order valence-corrected chi connectivity index (χ4v) is 1.23. The quantitative estimate of drug-likeness (QED) is 0.580. The van der Waals surface area contributed by atoms with E-state index < -0.39 is 6.10 Å². The number of nitrogens with two attached hydrogens (primary N) is 1. The summed E-state index contributed by atoms with van der Waals surface area (Å²) in [6.07, 6.45) is 0.235. The molecule has 5 nitrogen and oxygen atoms in total. The van der Waals surface area contributed by atoms with Crippen LogP contribution in [0.15, 0.2) is 0 Å². The number of hydrogen-bond acceptors (Lipinski definition) is 4. The summed E-state index contributed by atoms with van der Waals surface area (Å²) >= 11 is 0. The van der Waals surface area contributed by atoms with Crippen LogP contribution < -0.4 is 5.73 Å². The Hall–Kier alpha value is -0.650. The van der Waals surface area contributed by atoms with E-state index in [0.717, 1.165) is 0 Å². The van der Waals surface area contributed by atoms with Crippen LogP contribution in [0, 0.1) is 0 Å². The van der Waals surface area contributed by atoms with Gasteiger partial charge in [0.15, 0.2) is 0 Å². The molecule has 0 saturated heterocycles. The summed E-state index contributed by atoms with van der Waals surface area (Å²) in [6.45, 7) is 5.20. The highest BCUT2D eigenvalue weighted by atomic mass is 16.5. The van der Waals surface area contributed by atoms with Crippen molar-refractivity contribution in [1.82, 2.24) is 4.90 Å². The van der Waals surface area contributed by atoms with E-state index >= 15 is 0 Å². The maximum Gasteiger partial charge on any atom is 0.234 e. The molecule has 5 heteroatoms. The zero-order chi connectivity index (χ0) is 11.8. The average molecular weight is 218 g/mol. The Balaban J connectivity index is 4.22. The van der Waals surface area contributed by atoms with E-state index in [4.69, 9.17) is 10.5 Å². The topological polar surface area (TPSA) is 75.8 Å². The van der Waals surface area contributed by atoms with Crippen molar-refractivity contribution in [3.63, 3.8) is 0 Å². The number of carbonyl (C=O) groups is 1. The van der Waals surface area contributed by atoms with E-state index in [1.165, 1.54) is 0 Å². The van der Waals surface area contributed by atoms with Crippen LogP contribution in [0.2, 0.25) is 0 Å². The number of ether oxygens (including phenoxy) is 1. The van der Waals surface area contributed by atoms with Crippen LogP contribution in [0.5, 0.6) is 0 Å². The molecule has 15 heavy (non-hydrogen) atoms. The SMILES string of the molecule is CC[C@@H](O)CN(CCOC)C(C)C(N)=O. The summed E-state index contributed by atoms with van der Waals surface area (Å²) in [5.74, 6) is -0.380. The molecule has 2 atom stereocenters. The summed E-state index contributed by atoms with van der Waals surface area (Å²) in [4.78, 5) is 12.9. The fraction of sp³-hybridized carbons (Fsp3) is 0.900. The molecule has 0 bridgehead atoms. The van der Waals surface area contributed by atoms with Gasteiger partial charge in [-0.3, -0.25) is 9.69 Å². The lowest BCUT2D eigenvalue weighted by Crippen LogP contribution is -2.47. The molecule has 0 saturated carbocycles. The molecule has 0 heterocycles. The minimum atomic E-state index is -0.427. The summed E-state index contributed by atoms with van der Waals surface area (Å²) in [7, 11) is 1.60. The van der Waals surface area contributed by atoms with Crippen molar-refractivity contribution < 1.29 is 14.6 Å². The Bertz CT molecular complexity index is 188. The number of hydrogen-bond donors (Lipinski definition) is 2. The Morgan fingerprint density at radius 3 is 2.60 bits per heavy atom. The van der Waals surface area contributed by atoms with Crippen LogP contribution in [-0.2, 0) is 9.53 Å². The maximum absolute atomic E-state index is 11.0. The van der Waals surface area contributed by atoms with Gasteiger partial charge in [0.1, 0.15) is 0 Å². The van der Waals surface area contributed by atoms with Gasteiger partial charge in [-0.15, -0.1) is 0 Å². The van der Waals surface area contributed by atoms with Crippen molar-refractivity contribution in [1.29, 1.82) is 0 Å². The summed E-state index contributed by atoms with van der Waals surface area (Å²) in [6, 6.07) is -0.374. The summed E-state index contributed by atoms with van der Waals surface area (Å²) < 4.78 is 4.94. The predicted octanol–water partition coefficient (Wildman–Crippen LogP) is -0.420. The molecule has 0 aliphatic rings. The lowest BCUT2D eigenvalue weighted by molar-refractivity contribution is -0.123. The van der Waals surface area contributed by atoms with E-state index in [-0.39, 0.29) is 11.9 Å². The molecule has 0 aliphatic heterocycles. The van der Waals surface area contributed by atoms with Gasteiger partial charge in [0, 0.05) is 20.2 Å². The Kier molecular flexibility index (Phi) is 7.29. The largest absolute Gasteiger partial charge is 0.392 e. The van der Waals surface area contributed by atoms with Gasteiger partial charge in [-0.2, -0.15) is 0 Å². The fourth-order valence-electron chi connectivity index (χ4n) is 1.23. The minimum absolute atomic E-state index is 0.374. The van der Waals surface area contributed by atoms with E-state index in [1.54, 1.807) is 14.0 Å². The first kappa shape index (κ1) is 14.3. The van der Waals surface area contributed by atoms with Gasteiger partial charge >= 0.3 is 0 Å². The molecule has 90 valence electrons. The standard InChI is InChI=1S/C10H22N2O3/c1-4-9(13)7-12(5-6-15-3)8(2)10(11)14/h8-9,13H,4-7H2,1-3H3,(H2,11,14)/t8?,9-/m1/s1. The second-order valence-corrected chi connectivity index (χ2v) is 3.63. The van der Waals surface area contributed by atoms with Gasteiger partial charge in [0.25, 0.3) is 0 Å². The Morgan fingerprint density at radius 2 is 2.20 bits per heavy atom. The lowest BCUT2D eigenvalue weighted by Gasteiger charge is -2.28. The molecule has 0 aromatic carbocycles. The highest BCUT2D eigenvalue weighted by molar-refractivity contribution is 5.79. The second-order valence-electron chi connectivity index (χ2n) is 3.63. The third-order valence-corrected chi connectivity index (χ3v) is 2.46. The van der Waals surface area contributed by atoms with Crippen LogP contribution >= 0.6 is 0 Å². The smallest absolute Gasteiger partial charge is 0.234 e. The molecule has 1 amide bonds. The Morgan fingerprint density at radius 1 is 1.60 bits per heavy atom. The predicted molar refractivity (Wildman–Crippen MR) is 58.4 cm³/mol. The van der Waals surface area contributed by atoms with Crippen molar-refractivity contribution in [2.24, 2.45) is 5.73 Å². The van der Waals surface area contributed by atoms with Gasteiger partial charge in [0.05, 0.1) is 18.8 Å². The number of methoxy groups -OCH3 is 1. The molecule has 0 fully saturated rings. The average Bonchev–Trinajstić information content (AvgIpc) is 2.22. The first-order chi connectivity index (χ1) is 7.02. The number of aliphatic hydroxyl groups is 1. The number of rotatable bonds is 8. The molecule has 3 N–H and O–H groups in total. The van der Waals surface area contributed by atoms with Gasteiger partial charge in [0.2, 0.25) is 5.91 Å². The third-order valence-electron chi connectivity index (χ3n) is 2.46. The highest BCUT2D eigenvalue weighted by Gasteiger charge is 2.20. The zero-order valence-corrected chi connectivity index (χ0v) is 9.77. The van der Waals surface area contributed by atoms with Crippen molar-refractivity contribution >= 4 is 5.91 Å². The normalized spacial score (nSPS) is 15.3. The number of nitrogens with zero attached hydrogens (tertiary/aromatic N) is 1. The number of aliphatic hydroxyl groups excluding tert-OH is 1. The van der Waals surface area contributed by atoms with E-state index in [1.807, 2.05) is 11.8 Å². The second kappa shape index (κ2) is 7.62. The van der Waals surface area contributed by atoms with Crippen molar-refractivity contribution in [3.8, 4) is 0 Å². The third kappa shape index (κ3) is 5.71. The number of amides is 1. The maximum atomic E-state index is 11.0. The highest BCUT2D eigenvalue weighted by Crippen LogP contribution is 2.02. The monoisotopic (exact) mass is 218 g/mol. The van der Waals surface area contributed by atoms with Crippen LogP contribution in [-0.4, -0.2) is 54.9 Å². The molecular formula is C10H22N2O3. The van der Waals surface area contributed by atoms with Crippen LogP contribution in [0.25, 0.3) is 0 Å². The van der Waals surface area contributed by atoms with Crippen LogP contribution in [0.4, 0.5) is 0 Å².